The van der Waals surface area contributed by atoms with Crippen LogP contribution in [0.15, 0.2) is 11.2 Å². The number of aromatic nitrogens is 2. The SMILES string of the molecule is CNc1cc(OCC2CCCC2)nc(SC)n1. The van der Waals surface area contributed by atoms with E-state index in [9.17, 15) is 0 Å². The van der Waals surface area contributed by atoms with Crippen molar-refractivity contribution >= 4 is 17.6 Å². The predicted molar refractivity (Wildman–Crippen MR) is 70.8 cm³/mol. The molecule has 2 rings (SSSR count). The first kappa shape index (κ1) is 12.5. The Morgan fingerprint density at radius 1 is 1.41 bits per heavy atom. The number of anilines is 1. The molecule has 1 saturated carbocycles. The molecule has 17 heavy (non-hydrogen) atoms. The lowest BCUT2D eigenvalue weighted by Gasteiger charge is -2.11. The molecule has 4 nitrogen and oxygen atoms in total. The molecule has 5 heteroatoms. The molecule has 1 aliphatic rings. The second kappa shape index (κ2) is 6.10. The summed E-state index contributed by atoms with van der Waals surface area (Å²) in [6, 6.07) is 1.86. The third-order valence-corrected chi connectivity index (χ3v) is 3.61. The Balaban J connectivity index is 1.98. The summed E-state index contributed by atoms with van der Waals surface area (Å²) < 4.78 is 5.77. The van der Waals surface area contributed by atoms with Crippen molar-refractivity contribution < 1.29 is 4.74 Å². The van der Waals surface area contributed by atoms with E-state index in [1.165, 1.54) is 37.4 Å². The van der Waals surface area contributed by atoms with Gasteiger partial charge in [-0.3, -0.25) is 0 Å². The van der Waals surface area contributed by atoms with Crippen molar-refractivity contribution in [2.75, 3.05) is 25.2 Å². The van der Waals surface area contributed by atoms with E-state index in [1.54, 1.807) is 0 Å². The van der Waals surface area contributed by atoms with Gasteiger partial charge in [0.25, 0.3) is 0 Å². The van der Waals surface area contributed by atoms with Gasteiger partial charge in [-0.1, -0.05) is 24.6 Å². The van der Waals surface area contributed by atoms with E-state index in [2.05, 4.69) is 15.3 Å². The zero-order valence-corrected chi connectivity index (χ0v) is 11.2. The predicted octanol–water partition coefficient (Wildman–Crippen LogP) is 2.81. The molecule has 1 heterocycles. The molecule has 0 saturated heterocycles. The Morgan fingerprint density at radius 3 is 2.82 bits per heavy atom. The number of rotatable bonds is 5. The topological polar surface area (TPSA) is 47.0 Å². The normalized spacial score (nSPS) is 16.1. The number of nitrogens with zero attached hydrogens (tertiary/aromatic N) is 2. The standard InChI is InChI=1S/C12H19N3OS/c1-13-10-7-11(15-12(14-10)17-2)16-8-9-5-3-4-6-9/h7,9H,3-6,8H2,1-2H3,(H,13,14,15). The fourth-order valence-corrected chi connectivity index (χ4v) is 2.45. The van der Waals surface area contributed by atoms with Crippen molar-refractivity contribution in [2.24, 2.45) is 5.92 Å². The highest BCUT2D eigenvalue weighted by molar-refractivity contribution is 7.98. The van der Waals surface area contributed by atoms with Gasteiger partial charge in [-0.25, -0.2) is 4.98 Å². The van der Waals surface area contributed by atoms with Crippen molar-refractivity contribution in [2.45, 2.75) is 30.8 Å². The van der Waals surface area contributed by atoms with Crippen LogP contribution >= 0.6 is 11.8 Å². The Kier molecular flexibility index (Phi) is 4.48. The number of hydrogen-bond donors (Lipinski definition) is 1. The maximum absolute atomic E-state index is 5.77. The van der Waals surface area contributed by atoms with Gasteiger partial charge in [0.2, 0.25) is 5.88 Å². The van der Waals surface area contributed by atoms with E-state index < -0.39 is 0 Å². The highest BCUT2D eigenvalue weighted by atomic mass is 32.2. The zero-order valence-electron chi connectivity index (χ0n) is 10.4. The lowest BCUT2D eigenvalue weighted by molar-refractivity contribution is 0.241. The molecule has 1 N–H and O–H groups in total. The lowest BCUT2D eigenvalue weighted by Crippen LogP contribution is -2.09. The summed E-state index contributed by atoms with van der Waals surface area (Å²) in [6.07, 6.45) is 7.24. The van der Waals surface area contributed by atoms with Crippen molar-refractivity contribution in [3.05, 3.63) is 6.07 Å². The number of thioether (sulfide) groups is 1. The first-order valence-corrected chi connectivity index (χ1v) is 7.28. The Hall–Kier alpha value is -0.970. The van der Waals surface area contributed by atoms with Crippen molar-refractivity contribution in [3.8, 4) is 5.88 Å². The average Bonchev–Trinajstić information content (AvgIpc) is 2.89. The molecule has 0 atom stereocenters. The monoisotopic (exact) mass is 253 g/mol. The smallest absolute Gasteiger partial charge is 0.219 e. The molecule has 0 aromatic carbocycles. The first-order valence-electron chi connectivity index (χ1n) is 6.05. The second-order valence-electron chi connectivity index (χ2n) is 4.29. The van der Waals surface area contributed by atoms with Gasteiger partial charge < -0.3 is 10.1 Å². The third kappa shape index (κ3) is 3.49. The average molecular weight is 253 g/mol. The molecule has 1 aliphatic carbocycles. The maximum atomic E-state index is 5.77. The van der Waals surface area contributed by atoms with Crippen molar-refractivity contribution in [3.63, 3.8) is 0 Å². The fourth-order valence-electron chi connectivity index (χ4n) is 2.08. The number of ether oxygens (including phenoxy) is 1. The van der Waals surface area contributed by atoms with Gasteiger partial charge in [0.05, 0.1) is 6.61 Å². The molecule has 1 aromatic rings. The van der Waals surface area contributed by atoms with Crippen LogP contribution in [0.1, 0.15) is 25.7 Å². The minimum Gasteiger partial charge on any atom is -0.477 e. The van der Waals surface area contributed by atoms with Gasteiger partial charge in [0.15, 0.2) is 5.16 Å². The minimum absolute atomic E-state index is 0.681. The van der Waals surface area contributed by atoms with E-state index in [0.29, 0.717) is 11.8 Å². The van der Waals surface area contributed by atoms with Gasteiger partial charge in [0, 0.05) is 13.1 Å². The van der Waals surface area contributed by atoms with Crippen LogP contribution in [0.25, 0.3) is 0 Å². The van der Waals surface area contributed by atoms with Crippen molar-refractivity contribution in [1.29, 1.82) is 0 Å². The molecule has 0 unspecified atom stereocenters. The zero-order chi connectivity index (χ0) is 12.1. The van der Waals surface area contributed by atoms with E-state index in [1.807, 2.05) is 19.4 Å². The van der Waals surface area contributed by atoms with Crippen LogP contribution in [0, 0.1) is 5.92 Å². The van der Waals surface area contributed by atoms with E-state index in [-0.39, 0.29) is 0 Å². The summed E-state index contributed by atoms with van der Waals surface area (Å²) in [6.45, 7) is 0.786. The van der Waals surface area contributed by atoms with Crippen LogP contribution in [0.4, 0.5) is 5.82 Å². The highest BCUT2D eigenvalue weighted by Gasteiger charge is 2.16. The molecule has 1 fully saturated rings. The minimum atomic E-state index is 0.681. The van der Waals surface area contributed by atoms with E-state index in [0.717, 1.165) is 17.6 Å². The summed E-state index contributed by atoms with van der Waals surface area (Å²) in [4.78, 5) is 8.66. The van der Waals surface area contributed by atoms with Gasteiger partial charge in [-0.05, 0) is 25.0 Å². The number of hydrogen-bond acceptors (Lipinski definition) is 5. The van der Waals surface area contributed by atoms with Crippen LogP contribution in [-0.2, 0) is 0 Å². The van der Waals surface area contributed by atoms with Gasteiger partial charge in [-0.2, -0.15) is 4.98 Å². The highest BCUT2D eigenvalue weighted by Crippen LogP contribution is 2.26. The summed E-state index contributed by atoms with van der Waals surface area (Å²) in [5.41, 5.74) is 0. The largest absolute Gasteiger partial charge is 0.477 e. The van der Waals surface area contributed by atoms with E-state index >= 15 is 0 Å². The Labute approximate surface area is 107 Å². The first-order chi connectivity index (χ1) is 8.31. The molecule has 1 aromatic heterocycles. The molecule has 0 spiro atoms. The summed E-state index contributed by atoms with van der Waals surface area (Å²) in [5.74, 6) is 2.20. The Bertz CT molecular complexity index is 345. The van der Waals surface area contributed by atoms with Gasteiger partial charge in [0.1, 0.15) is 5.82 Å². The third-order valence-electron chi connectivity index (χ3n) is 3.06. The van der Waals surface area contributed by atoms with Crippen LogP contribution in [-0.4, -0.2) is 29.9 Å². The molecule has 0 amide bonds. The summed E-state index contributed by atoms with van der Waals surface area (Å²) >= 11 is 1.53. The quantitative estimate of drug-likeness (QED) is 0.646. The summed E-state index contributed by atoms with van der Waals surface area (Å²) in [7, 11) is 1.85. The number of nitrogens with one attached hydrogen (secondary N) is 1. The van der Waals surface area contributed by atoms with Gasteiger partial charge >= 0.3 is 0 Å². The molecular weight excluding hydrogens is 234 g/mol. The van der Waals surface area contributed by atoms with Crippen molar-refractivity contribution in [1.82, 2.24) is 9.97 Å². The van der Waals surface area contributed by atoms with Crippen LogP contribution in [0.2, 0.25) is 0 Å². The van der Waals surface area contributed by atoms with Gasteiger partial charge in [-0.15, -0.1) is 0 Å². The van der Waals surface area contributed by atoms with Crippen LogP contribution in [0.3, 0.4) is 0 Å². The fraction of sp³-hybridized carbons (Fsp3) is 0.667. The summed E-state index contributed by atoms with van der Waals surface area (Å²) in [5, 5.41) is 3.77. The molecular formula is C12H19N3OS. The Morgan fingerprint density at radius 2 is 2.18 bits per heavy atom. The maximum Gasteiger partial charge on any atom is 0.219 e. The van der Waals surface area contributed by atoms with Crippen LogP contribution < -0.4 is 10.1 Å². The molecule has 0 aliphatic heterocycles. The molecule has 94 valence electrons. The van der Waals surface area contributed by atoms with Crippen LogP contribution in [0.5, 0.6) is 5.88 Å². The molecule has 0 bridgehead atoms. The lowest BCUT2D eigenvalue weighted by atomic mass is 10.1. The molecule has 0 radical (unpaired) electrons. The second-order valence-corrected chi connectivity index (χ2v) is 5.06. The van der Waals surface area contributed by atoms with E-state index in [4.69, 9.17) is 4.74 Å².